The van der Waals surface area contributed by atoms with Gasteiger partial charge in [-0.25, -0.2) is 8.42 Å². The third kappa shape index (κ3) is 5.44. The van der Waals surface area contributed by atoms with E-state index in [4.69, 9.17) is 9.47 Å². The molecule has 0 aliphatic carbocycles. The number of aliphatic imine (C=N–C) groups is 2. The van der Waals surface area contributed by atoms with Gasteiger partial charge >= 0.3 is 0 Å². The van der Waals surface area contributed by atoms with Gasteiger partial charge in [0.1, 0.15) is 15.7 Å². The lowest BCUT2D eigenvalue weighted by molar-refractivity contribution is 0.415. The van der Waals surface area contributed by atoms with Gasteiger partial charge in [0.2, 0.25) is 0 Å². The first-order chi connectivity index (χ1) is 15.1. The number of rotatable bonds is 7. The van der Waals surface area contributed by atoms with Crippen molar-refractivity contribution in [1.82, 2.24) is 0 Å². The minimum atomic E-state index is -3.56. The zero-order valence-corrected chi connectivity index (χ0v) is 20.3. The molecule has 1 aromatic heterocycles. The van der Waals surface area contributed by atoms with Gasteiger partial charge in [-0.3, -0.25) is 9.98 Å². The Hall–Kier alpha value is -2.97. The van der Waals surface area contributed by atoms with Crippen molar-refractivity contribution in [2.75, 3.05) is 14.2 Å². The maximum atomic E-state index is 13.2. The molecule has 0 unspecified atom stereocenters. The van der Waals surface area contributed by atoms with E-state index >= 15 is 0 Å². The Bertz CT molecular complexity index is 1220. The highest BCUT2D eigenvalue weighted by Gasteiger charge is 2.34. The monoisotopic (exact) mass is 470 g/mol. The molecule has 0 amide bonds. The lowest BCUT2D eigenvalue weighted by atomic mass is 10.3. The maximum absolute atomic E-state index is 13.2. The lowest BCUT2D eigenvalue weighted by Crippen LogP contribution is -2.27. The minimum absolute atomic E-state index is 0.276. The van der Waals surface area contributed by atoms with E-state index < -0.39 is 14.6 Å². The average Bonchev–Trinajstić information content (AvgIpc) is 3.20. The molecule has 2 aromatic carbocycles. The fourth-order valence-electron chi connectivity index (χ4n) is 2.67. The summed E-state index contributed by atoms with van der Waals surface area (Å²) in [6.45, 7) is 5.08. The SMILES string of the molecule is COc1ccc(N=Cc2cc(C=Nc3ccc(OC)cc3)c(S(=O)(=O)C(C)(C)C)s2)cc1. The van der Waals surface area contributed by atoms with Crippen molar-refractivity contribution in [3.63, 3.8) is 0 Å². The predicted octanol–water partition coefficient (Wildman–Crippen LogP) is 5.84. The van der Waals surface area contributed by atoms with Gasteiger partial charge in [-0.05, 0) is 75.4 Å². The molecule has 0 aliphatic rings. The smallest absolute Gasteiger partial charge is 0.193 e. The molecule has 0 fully saturated rings. The molecular weight excluding hydrogens is 444 g/mol. The molecule has 0 spiro atoms. The van der Waals surface area contributed by atoms with E-state index in [9.17, 15) is 8.42 Å². The Balaban J connectivity index is 1.97. The van der Waals surface area contributed by atoms with Gasteiger partial charge in [-0.2, -0.15) is 0 Å². The zero-order valence-electron chi connectivity index (χ0n) is 18.7. The van der Waals surface area contributed by atoms with E-state index in [0.29, 0.717) is 11.3 Å². The van der Waals surface area contributed by atoms with Crippen molar-refractivity contribution < 1.29 is 17.9 Å². The Morgan fingerprint density at radius 2 is 1.28 bits per heavy atom. The molecule has 0 atom stereocenters. The quantitative estimate of drug-likeness (QED) is 0.407. The summed E-state index contributed by atoms with van der Waals surface area (Å²) in [7, 11) is -0.357. The zero-order chi connectivity index (χ0) is 23.4. The summed E-state index contributed by atoms with van der Waals surface area (Å²) in [6, 6.07) is 16.3. The average molecular weight is 471 g/mol. The number of ether oxygens (including phenoxy) is 2. The van der Waals surface area contributed by atoms with Crippen LogP contribution in [0, 0.1) is 0 Å². The van der Waals surface area contributed by atoms with E-state index in [1.807, 2.05) is 36.4 Å². The van der Waals surface area contributed by atoms with Crippen LogP contribution in [0.15, 0.2) is 68.8 Å². The molecule has 3 aromatic rings. The Morgan fingerprint density at radius 3 is 1.72 bits per heavy atom. The third-order valence-corrected chi connectivity index (χ3v) is 8.76. The van der Waals surface area contributed by atoms with Crippen molar-refractivity contribution in [3.05, 3.63) is 65.0 Å². The number of sulfone groups is 1. The number of hydrogen-bond donors (Lipinski definition) is 0. The van der Waals surface area contributed by atoms with Crippen molar-refractivity contribution in [3.8, 4) is 11.5 Å². The van der Waals surface area contributed by atoms with Crippen LogP contribution >= 0.6 is 11.3 Å². The van der Waals surface area contributed by atoms with Crippen molar-refractivity contribution in [1.29, 1.82) is 0 Å². The number of benzene rings is 2. The van der Waals surface area contributed by atoms with E-state index in [0.717, 1.165) is 22.1 Å². The van der Waals surface area contributed by atoms with Gasteiger partial charge in [0.15, 0.2) is 9.84 Å². The van der Waals surface area contributed by atoms with Crippen LogP contribution < -0.4 is 9.47 Å². The van der Waals surface area contributed by atoms with Crippen LogP contribution in [0.5, 0.6) is 11.5 Å². The van der Waals surface area contributed by atoms with E-state index in [-0.39, 0.29) is 4.21 Å². The molecule has 32 heavy (non-hydrogen) atoms. The van der Waals surface area contributed by atoms with Gasteiger partial charge in [0.25, 0.3) is 0 Å². The number of thiophene rings is 1. The van der Waals surface area contributed by atoms with Crippen LogP contribution in [0.25, 0.3) is 0 Å². The van der Waals surface area contributed by atoms with E-state index in [1.54, 1.807) is 65.6 Å². The number of methoxy groups -OCH3 is 2. The molecule has 0 bridgehead atoms. The largest absolute Gasteiger partial charge is 0.497 e. The summed E-state index contributed by atoms with van der Waals surface area (Å²) in [4.78, 5) is 9.65. The summed E-state index contributed by atoms with van der Waals surface area (Å²) in [5.41, 5.74) is 1.98. The highest BCUT2D eigenvalue weighted by molar-refractivity contribution is 7.94. The number of hydrogen-bond acceptors (Lipinski definition) is 7. The fourth-order valence-corrected chi connectivity index (χ4v) is 5.86. The lowest BCUT2D eigenvalue weighted by Gasteiger charge is -2.18. The summed E-state index contributed by atoms with van der Waals surface area (Å²) in [6.07, 6.45) is 3.25. The maximum Gasteiger partial charge on any atom is 0.193 e. The van der Waals surface area contributed by atoms with Gasteiger partial charge < -0.3 is 9.47 Å². The van der Waals surface area contributed by atoms with E-state index in [2.05, 4.69) is 9.98 Å². The second-order valence-electron chi connectivity index (χ2n) is 7.92. The molecule has 3 rings (SSSR count). The van der Waals surface area contributed by atoms with Crippen LogP contribution in [0.1, 0.15) is 31.2 Å². The van der Waals surface area contributed by atoms with Gasteiger partial charge in [-0.1, -0.05) is 0 Å². The normalized spacial score (nSPS) is 12.5. The van der Waals surface area contributed by atoms with Gasteiger partial charge in [-0.15, -0.1) is 11.3 Å². The molecule has 168 valence electrons. The van der Waals surface area contributed by atoms with Crippen molar-refractivity contribution in [2.24, 2.45) is 9.98 Å². The summed E-state index contributed by atoms with van der Waals surface area (Å²) in [5, 5.41) is 0. The molecule has 6 nitrogen and oxygen atoms in total. The number of nitrogens with zero attached hydrogens (tertiary/aromatic N) is 2. The predicted molar refractivity (Wildman–Crippen MR) is 132 cm³/mol. The second-order valence-corrected chi connectivity index (χ2v) is 11.9. The molecule has 8 heteroatoms. The summed E-state index contributed by atoms with van der Waals surface area (Å²) in [5.74, 6) is 1.48. The molecular formula is C24H26N2O4S2. The molecule has 0 N–H and O–H groups in total. The highest BCUT2D eigenvalue weighted by Crippen LogP contribution is 2.34. The van der Waals surface area contributed by atoms with Gasteiger partial charge in [0.05, 0.1) is 30.3 Å². The standard InChI is InChI=1S/C24H26N2O4S2/c1-24(2,3)32(27,28)23-17(15-25-18-6-10-20(29-4)11-7-18)14-22(31-23)16-26-19-8-12-21(30-5)13-9-19/h6-16H,1-5H3. The highest BCUT2D eigenvalue weighted by atomic mass is 32.2. The van der Waals surface area contributed by atoms with Gasteiger partial charge in [0, 0.05) is 22.9 Å². The van der Waals surface area contributed by atoms with Crippen LogP contribution in [0.3, 0.4) is 0 Å². The van der Waals surface area contributed by atoms with Crippen LogP contribution in [0.4, 0.5) is 11.4 Å². The molecule has 0 saturated heterocycles. The van der Waals surface area contributed by atoms with Crippen LogP contribution in [-0.2, 0) is 9.84 Å². The second kappa shape index (κ2) is 9.67. The molecule has 1 heterocycles. The summed E-state index contributed by atoms with van der Waals surface area (Å²) >= 11 is 1.19. The Labute approximate surface area is 193 Å². The molecule has 0 radical (unpaired) electrons. The summed E-state index contributed by atoms with van der Waals surface area (Å²) < 4.78 is 36.1. The van der Waals surface area contributed by atoms with E-state index in [1.165, 1.54) is 11.3 Å². The molecule has 0 saturated carbocycles. The first kappa shape index (κ1) is 23.7. The fraction of sp³-hybridized carbons (Fsp3) is 0.250. The van der Waals surface area contributed by atoms with Crippen molar-refractivity contribution in [2.45, 2.75) is 29.7 Å². The molecule has 0 aliphatic heterocycles. The van der Waals surface area contributed by atoms with Crippen LogP contribution in [0.2, 0.25) is 0 Å². The third-order valence-electron chi connectivity index (χ3n) is 4.63. The minimum Gasteiger partial charge on any atom is -0.497 e. The van der Waals surface area contributed by atoms with Crippen LogP contribution in [-0.4, -0.2) is 39.8 Å². The first-order valence-corrected chi connectivity index (χ1v) is 12.2. The topological polar surface area (TPSA) is 77.3 Å². The van der Waals surface area contributed by atoms with Crippen molar-refractivity contribution >= 4 is 45.0 Å². The first-order valence-electron chi connectivity index (χ1n) is 9.89. The Kier molecular flexibility index (Phi) is 7.16. The Morgan fingerprint density at radius 1 is 0.812 bits per heavy atom.